The maximum Gasteiger partial charge on any atom is 0.0389 e. The number of hydrogen-bond donors (Lipinski definition) is 0. The number of rotatable bonds is 8. The molecule has 1 aliphatic carbocycles. The Kier molecular flexibility index (Phi) is 9.49. The van der Waals surface area contributed by atoms with Crippen LogP contribution < -0.4 is 0 Å². The number of allylic oxidation sites excluding steroid dienone is 10. The molecule has 0 bridgehead atoms. The van der Waals surface area contributed by atoms with Gasteiger partial charge in [0, 0.05) is 12.8 Å². The van der Waals surface area contributed by atoms with Crippen LogP contribution in [0.4, 0.5) is 0 Å². The average Bonchev–Trinajstić information content (AvgIpc) is 2.53. The normalized spacial score (nSPS) is 19.8. The van der Waals surface area contributed by atoms with Crippen molar-refractivity contribution in [2.75, 3.05) is 6.54 Å². The Morgan fingerprint density at radius 2 is 1.84 bits per heavy atom. The third kappa shape index (κ3) is 8.34. The first-order chi connectivity index (χ1) is 11.9. The molecule has 0 radical (unpaired) electrons. The summed E-state index contributed by atoms with van der Waals surface area (Å²) in [6.45, 7) is 14.4. The fourth-order valence-corrected chi connectivity index (χ4v) is 3.18. The minimum atomic E-state index is 0.311. The van der Waals surface area contributed by atoms with Crippen molar-refractivity contribution in [1.29, 1.82) is 0 Å². The molecule has 0 aliphatic heterocycles. The second-order valence-electron chi connectivity index (χ2n) is 7.85. The van der Waals surface area contributed by atoms with Gasteiger partial charge in [0.2, 0.25) is 0 Å². The van der Waals surface area contributed by atoms with E-state index in [0.29, 0.717) is 5.41 Å². The van der Waals surface area contributed by atoms with Crippen LogP contribution in [0, 0.1) is 5.41 Å². The smallest absolute Gasteiger partial charge is 0.0389 e. The lowest BCUT2D eigenvalue weighted by Crippen LogP contribution is -2.19. The van der Waals surface area contributed by atoms with Crippen molar-refractivity contribution in [3.05, 3.63) is 58.7 Å². The molecule has 0 saturated carbocycles. The number of hydrogen-bond acceptors (Lipinski definition) is 1. The molecule has 0 heterocycles. The molecule has 0 aromatic carbocycles. The van der Waals surface area contributed by atoms with Gasteiger partial charge in [-0.2, -0.15) is 0 Å². The molecule has 0 fully saturated rings. The molecular weight excluding hydrogens is 302 g/mol. The van der Waals surface area contributed by atoms with Crippen LogP contribution in [-0.2, 0) is 0 Å². The van der Waals surface area contributed by atoms with Gasteiger partial charge in [-0.25, -0.2) is 0 Å². The van der Waals surface area contributed by atoms with E-state index in [0.717, 1.165) is 6.54 Å². The predicted octanol–water partition coefficient (Wildman–Crippen LogP) is 7.39. The molecule has 0 aromatic heterocycles. The largest absolute Gasteiger partial charge is 0.293 e. The van der Waals surface area contributed by atoms with E-state index in [4.69, 9.17) is 0 Å². The van der Waals surface area contributed by atoms with Crippen LogP contribution in [0.15, 0.2) is 63.7 Å². The Labute approximate surface area is 156 Å². The van der Waals surface area contributed by atoms with Gasteiger partial charge in [-0.05, 0) is 69.1 Å². The van der Waals surface area contributed by atoms with E-state index in [1.54, 1.807) is 5.57 Å². The van der Waals surface area contributed by atoms with Gasteiger partial charge in [0.25, 0.3) is 0 Å². The minimum absolute atomic E-state index is 0.311. The Morgan fingerprint density at radius 3 is 2.52 bits per heavy atom. The number of aliphatic imine (C=N–C) groups is 1. The van der Waals surface area contributed by atoms with Crippen molar-refractivity contribution in [3.8, 4) is 0 Å². The lowest BCUT2D eigenvalue weighted by atomic mass is 9.72. The van der Waals surface area contributed by atoms with Gasteiger partial charge in [0.05, 0.1) is 0 Å². The molecule has 0 atom stereocenters. The van der Waals surface area contributed by atoms with Crippen molar-refractivity contribution in [2.24, 2.45) is 10.4 Å². The van der Waals surface area contributed by atoms with E-state index in [2.05, 4.69) is 83.0 Å². The second kappa shape index (κ2) is 11.1. The topological polar surface area (TPSA) is 12.4 Å². The van der Waals surface area contributed by atoms with Crippen molar-refractivity contribution in [2.45, 2.75) is 73.6 Å². The summed E-state index contributed by atoms with van der Waals surface area (Å²) in [5.74, 6) is 0. The molecule has 0 aromatic rings. The highest BCUT2D eigenvalue weighted by atomic mass is 14.7. The summed E-state index contributed by atoms with van der Waals surface area (Å²) in [6.07, 6.45) is 21.2. The van der Waals surface area contributed by atoms with Crippen LogP contribution in [0.5, 0.6) is 0 Å². The van der Waals surface area contributed by atoms with Crippen molar-refractivity contribution in [1.82, 2.24) is 0 Å². The Bertz CT molecular complexity index is 592. The number of nitrogens with zero attached hydrogens (tertiary/aromatic N) is 1. The summed E-state index contributed by atoms with van der Waals surface area (Å²) in [5, 5.41) is 0. The SMILES string of the molecule is CCCCN=C/C=C(C)/C=C\C=C(C)\C=C\C1=C(C)CCCC1(C)C. The molecule has 0 amide bonds. The van der Waals surface area contributed by atoms with Crippen LogP contribution in [0.3, 0.4) is 0 Å². The van der Waals surface area contributed by atoms with Crippen LogP contribution in [0.25, 0.3) is 0 Å². The first kappa shape index (κ1) is 21.4. The fourth-order valence-electron chi connectivity index (χ4n) is 3.18. The molecular formula is C24H37N. The zero-order valence-electron chi connectivity index (χ0n) is 17.2. The van der Waals surface area contributed by atoms with Crippen LogP contribution >= 0.6 is 0 Å². The van der Waals surface area contributed by atoms with E-state index >= 15 is 0 Å². The fraction of sp³-hybridized carbons (Fsp3) is 0.542. The minimum Gasteiger partial charge on any atom is -0.293 e. The standard InChI is InChI=1S/C24H37N/c1-7-8-18-25-19-16-21(3)12-9-11-20(2)14-15-23-22(4)13-10-17-24(23,5)6/h9,11-12,14-16,19H,7-8,10,13,17-18H2,1-6H3/b12-9-,15-14+,20-11+,21-16+,25-19?. The van der Waals surface area contributed by atoms with Gasteiger partial charge < -0.3 is 0 Å². The Balaban J connectivity index is 2.63. The van der Waals surface area contributed by atoms with Gasteiger partial charge in [0.1, 0.15) is 0 Å². The summed E-state index contributed by atoms with van der Waals surface area (Å²) in [7, 11) is 0. The quantitative estimate of drug-likeness (QED) is 0.248. The van der Waals surface area contributed by atoms with Crippen molar-refractivity contribution in [3.63, 3.8) is 0 Å². The molecule has 1 nitrogen and oxygen atoms in total. The van der Waals surface area contributed by atoms with E-state index in [-0.39, 0.29) is 0 Å². The van der Waals surface area contributed by atoms with Crippen molar-refractivity contribution < 1.29 is 0 Å². The lowest BCUT2D eigenvalue weighted by molar-refractivity contribution is 0.377. The molecule has 138 valence electrons. The molecule has 0 unspecified atom stereocenters. The van der Waals surface area contributed by atoms with E-state index in [9.17, 15) is 0 Å². The zero-order chi connectivity index (χ0) is 18.7. The zero-order valence-corrected chi connectivity index (χ0v) is 17.2. The lowest BCUT2D eigenvalue weighted by Gasteiger charge is -2.32. The maximum atomic E-state index is 4.38. The van der Waals surface area contributed by atoms with Gasteiger partial charge >= 0.3 is 0 Å². The van der Waals surface area contributed by atoms with Gasteiger partial charge in [-0.3, -0.25) is 4.99 Å². The first-order valence-corrected chi connectivity index (χ1v) is 9.77. The summed E-state index contributed by atoms with van der Waals surface area (Å²) in [6, 6.07) is 0. The predicted molar refractivity (Wildman–Crippen MR) is 114 cm³/mol. The summed E-state index contributed by atoms with van der Waals surface area (Å²) in [4.78, 5) is 4.38. The highest BCUT2D eigenvalue weighted by Crippen LogP contribution is 2.40. The third-order valence-corrected chi connectivity index (χ3v) is 4.86. The Morgan fingerprint density at radius 1 is 1.12 bits per heavy atom. The van der Waals surface area contributed by atoms with Crippen molar-refractivity contribution >= 4 is 6.21 Å². The Hall–Kier alpha value is -1.63. The molecule has 0 spiro atoms. The average molecular weight is 340 g/mol. The van der Waals surface area contributed by atoms with E-state index in [1.807, 2.05) is 6.21 Å². The van der Waals surface area contributed by atoms with Crippen LogP contribution in [0.2, 0.25) is 0 Å². The summed E-state index contributed by atoms with van der Waals surface area (Å²) < 4.78 is 0. The molecule has 25 heavy (non-hydrogen) atoms. The third-order valence-electron chi connectivity index (χ3n) is 4.86. The van der Waals surface area contributed by atoms with E-state index in [1.165, 1.54) is 48.8 Å². The molecule has 1 aliphatic rings. The monoisotopic (exact) mass is 339 g/mol. The first-order valence-electron chi connectivity index (χ1n) is 9.77. The second-order valence-corrected chi connectivity index (χ2v) is 7.85. The van der Waals surface area contributed by atoms with Crippen LogP contribution in [-0.4, -0.2) is 12.8 Å². The summed E-state index contributed by atoms with van der Waals surface area (Å²) in [5.41, 5.74) is 5.89. The van der Waals surface area contributed by atoms with E-state index < -0.39 is 0 Å². The molecule has 0 saturated heterocycles. The summed E-state index contributed by atoms with van der Waals surface area (Å²) >= 11 is 0. The highest BCUT2D eigenvalue weighted by molar-refractivity contribution is 5.72. The molecule has 1 heteroatoms. The van der Waals surface area contributed by atoms with Gasteiger partial charge in [0.15, 0.2) is 0 Å². The maximum absolute atomic E-state index is 4.38. The highest BCUT2D eigenvalue weighted by Gasteiger charge is 2.26. The number of unbranched alkanes of at least 4 members (excludes halogenated alkanes) is 1. The van der Waals surface area contributed by atoms with Gasteiger partial charge in [-0.1, -0.05) is 68.7 Å². The van der Waals surface area contributed by atoms with Gasteiger partial charge in [-0.15, -0.1) is 0 Å². The van der Waals surface area contributed by atoms with Crippen LogP contribution in [0.1, 0.15) is 73.6 Å². The molecule has 1 rings (SSSR count). The molecule has 0 N–H and O–H groups in total.